The number of hydrogen-bond acceptors (Lipinski definition) is 1. The fraction of sp³-hybridized carbons (Fsp3) is 0.871. The second-order valence-corrected chi connectivity index (χ2v) is 14.2. The van der Waals surface area contributed by atoms with E-state index in [-0.39, 0.29) is 11.5 Å². The van der Waals surface area contributed by atoms with E-state index in [1.54, 1.807) is 0 Å². The van der Waals surface area contributed by atoms with Crippen LogP contribution in [0.2, 0.25) is 0 Å². The van der Waals surface area contributed by atoms with Crippen molar-refractivity contribution in [1.29, 1.82) is 0 Å². The molecule has 1 N–H and O–H groups in total. The van der Waals surface area contributed by atoms with Gasteiger partial charge in [-0.05, 0) is 123 Å². The van der Waals surface area contributed by atoms with Crippen LogP contribution in [0.15, 0.2) is 23.8 Å². The average molecular weight is 441 g/mol. The summed E-state index contributed by atoms with van der Waals surface area (Å²) in [6, 6.07) is 0. The van der Waals surface area contributed by atoms with Crippen LogP contribution in [-0.4, -0.2) is 11.2 Å². The lowest BCUT2D eigenvalue weighted by molar-refractivity contribution is -0.233. The van der Waals surface area contributed by atoms with Crippen molar-refractivity contribution in [2.75, 3.05) is 0 Å². The van der Waals surface area contributed by atoms with Gasteiger partial charge in [0.05, 0.1) is 6.10 Å². The largest absolute Gasteiger partial charge is 0.393 e. The van der Waals surface area contributed by atoms with Crippen LogP contribution in [0, 0.1) is 51.2 Å². The van der Waals surface area contributed by atoms with Gasteiger partial charge in [0.15, 0.2) is 0 Å². The van der Waals surface area contributed by atoms with Crippen molar-refractivity contribution in [2.24, 2.45) is 51.2 Å². The van der Waals surface area contributed by atoms with Gasteiger partial charge in [0.25, 0.3) is 0 Å². The number of fused-ring (bicyclic) bond motifs is 5. The molecule has 0 spiro atoms. The van der Waals surface area contributed by atoms with Gasteiger partial charge in [-0.15, -0.1) is 0 Å². The first-order valence-electron chi connectivity index (χ1n) is 13.8. The van der Waals surface area contributed by atoms with Gasteiger partial charge in [0.2, 0.25) is 0 Å². The third kappa shape index (κ3) is 3.34. The van der Waals surface area contributed by atoms with Crippen LogP contribution in [0.1, 0.15) is 113 Å². The maximum Gasteiger partial charge on any atom is 0.0582 e. The number of allylic oxidation sites excluding steroid dienone is 3. The molecule has 0 bridgehead atoms. The minimum Gasteiger partial charge on any atom is -0.393 e. The van der Waals surface area contributed by atoms with E-state index < -0.39 is 0 Å². The first-order chi connectivity index (χ1) is 14.8. The standard InChI is InChI=1S/C31H52O/c1-20(2)11-10-12-21(3)23-14-17-31(9)27(23)24(32)19-26-29(7)16-13-22(4)28(5,6)25(29)15-18-30(26,31)8/h11,22-27,32H,3,10,12-19H2,1-2,4-9H3/t22-,23?,24+,25?,26?,27?,29-,30+,31+/m0/s1. The van der Waals surface area contributed by atoms with Crippen molar-refractivity contribution in [1.82, 2.24) is 0 Å². The summed E-state index contributed by atoms with van der Waals surface area (Å²) < 4.78 is 0. The summed E-state index contributed by atoms with van der Waals surface area (Å²) in [6.07, 6.45) is 13.3. The zero-order valence-corrected chi connectivity index (χ0v) is 22.6. The van der Waals surface area contributed by atoms with Crippen LogP contribution in [-0.2, 0) is 0 Å². The van der Waals surface area contributed by atoms with Crippen LogP contribution in [0.25, 0.3) is 0 Å². The zero-order chi connectivity index (χ0) is 23.7. The molecule has 4 aliphatic carbocycles. The highest BCUT2D eigenvalue weighted by Crippen LogP contribution is 2.75. The molecule has 4 fully saturated rings. The summed E-state index contributed by atoms with van der Waals surface area (Å²) in [5.74, 6) is 3.15. The summed E-state index contributed by atoms with van der Waals surface area (Å²) in [5, 5.41) is 11.8. The fourth-order valence-corrected chi connectivity index (χ4v) is 10.1. The van der Waals surface area contributed by atoms with E-state index in [1.807, 2.05) is 0 Å². The number of rotatable bonds is 4. The quantitative estimate of drug-likeness (QED) is 0.434. The van der Waals surface area contributed by atoms with Crippen LogP contribution in [0.3, 0.4) is 0 Å². The summed E-state index contributed by atoms with van der Waals surface area (Å²) >= 11 is 0. The lowest BCUT2D eigenvalue weighted by atomic mass is 9.34. The number of aliphatic hydroxyl groups excluding tert-OH is 1. The summed E-state index contributed by atoms with van der Waals surface area (Å²) in [6.45, 7) is 24.4. The highest BCUT2D eigenvalue weighted by molar-refractivity contribution is 5.22. The topological polar surface area (TPSA) is 20.2 Å². The van der Waals surface area contributed by atoms with E-state index in [9.17, 15) is 5.11 Å². The molecule has 1 heteroatoms. The minimum absolute atomic E-state index is 0.163. The maximum absolute atomic E-state index is 11.8. The molecular formula is C31H52O. The van der Waals surface area contributed by atoms with E-state index in [1.165, 1.54) is 49.7 Å². The molecule has 0 saturated heterocycles. The van der Waals surface area contributed by atoms with Crippen molar-refractivity contribution < 1.29 is 5.11 Å². The molecular weight excluding hydrogens is 388 g/mol. The smallest absolute Gasteiger partial charge is 0.0582 e. The van der Waals surface area contributed by atoms with Gasteiger partial charge < -0.3 is 5.11 Å². The van der Waals surface area contributed by atoms with Gasteiger partial charge in [0.1, 0.15) is 0 Å². The third-order valence-electron chi connectivity index (χ3n) is 12.5. The minimum atomic E-state index is -0.163. The van der Waals surface area contributed by atoms with Gasteiger partial charge in [-0.3, -0.25) is 0 Å². The highest BCUT2D eigenvalue weighted by Gasteiger charge is 2.70. The van der Waals surface area contributed by atoms with Gasteiger partial charge >= 0.3 is 0 Å². The molecule has 0 aromatic heterocycles. The van der Waals surface area contributed by atoms with E-state index in [4.69, 9.17) is 0 Å². The Balaban J connectivity index is 1.64. The Morgan fingerprint density at radius 1 is 0.938 bits per heavy atom. The number of hydrogen-bond donors (Lipinski definition) is 1. The summed E-state index contributed by atoms with van der Waals surface area (Å²) in [5.41, 5.74) is 4.17. The Bertz CT molecular complexity index is 771. The van der Waals surface area contributed by atoms with Gasteiger partial charge in [-0.2, -0.15) is 0 Å². The first-order valence-corrected chi connectivity index (χ1v) is 13.8. The monoisotopic (exact) mass is 440 g/mol. The van der Waals surface area contributed by atoms with Crippen molar-refractivity contribution in [3.05, 3.63) is 23.8 Å². The van der Waals surface area contributed by atoms with Gasteiger partial charge in [0, 0.05) is 0 Å². The molecule has 0 aromatic carbocycles. The lowest BCUT2D eigenvalue weighted by Crippen LogP contribution is -2.65. The molecule has 0 radical (unpaired) electrons. The van der Waals surface area contributed by atoms with E-state index >= 15 is 0 Å². The van der Waals surface area contributed by atoms with Crippen LogP contribution < -0.4 is 0 Å². The summed E-state index contributed by atoms with van der Waals surface area (Å²) in [4.78, 5) is 0. The molecule has 4 unspecified atom stereocenters. The zero-order valence-electron chi connectivity index (χ0n) is 22.6. The Morgan fingerprint density at radius 2 is 1.59 bits per heavy atom. The number of aliphatic hydroxyl groups is 1. The van der Waals surface area contributed by atoms with E-state index in [0.29, 0.717) is 34.0 Å². The predicted octanol–water partition coefficient (Wildman–Crippen LogP) is 8.58. The van der Waals surface area contributed by atoms with Crippen molar-refractivity contribution >= 4 is 0 Å². The Labute approximate surface area is 199 Å². The molecule has 4 rings (SSSR count). The van der Waals surface area contributed by atoms with Crippen molar-refractivity contribution in [3.63, 3.8) is 0 Å². The highest BCUT2D eigenvalue weighted by atomic mass is 16.3. The Hall–Kier alpha value is -0.560. The molecule has 182 valence electrons. The lowest BCUT2D eigenvalue weighted by Gasteiger charge is -2.70. The fourth-order valence-electron chi connectivity index (χ4n) is 10.1. The molecule has 1 nitrogen and oxygen atoms in total. The normalized spacial score (nSPS) is 49.5. The molecule has 0 aliphatic heterocycles. The van der Waals surface area contributed by atoms with E-state index in [2.05, 4.69) is 68.0 Å². The Kier molecular flexibility index (Phi) is 6.14. The van der Waals surface area contributed by atoms with Crippen LogP contribution in [0.5, 0.6) is 0 Å². The average Bonchev–Trinajstić information content (AvgIpc) is 3.07. The molecule has 9 atom stereocenters. The molecule has 4 saturated carbocycles. The van der Waals surface area contributed by atoms with Crippen LogP contribution in [0.4, 0.5) is 0 Å². The molecule has 32 heavy (non-hydrogen) atoms. The summed E-state index contributed by atoms with van der Waals surface area (Å²) in [7, 11) is 0. The SMILES string of the molecule is C=C(CCC=C(C)C)C1CC[C@]2(C)C1[C@H](O)CC1[C@@]3(C)CC[C@H](C)C(C)(C)C3CC[C@]12C. The second kappa shape index (κ2) is 8.00. The maximum atomic E-state index is 11.8. The second-order valence-electron chi connectivity index (χ2n) is 14.2. The van der Waals surface area contributed by atoms with Gasteiger partial charge in [-0.25, -0.2) is 0 Å². The predicted molar refractivity (Wildman–Crippen MR) is 137 cm³/mol. The molecule has 0 heterocycles. The molecule has 0 aromatic rings. The van der Waals surface area contributed by atoms with Crippen molar-refractivity contribution in [3.8, 4) is 0 Å². The van der Waals surface area contributed by atoms with Crippen LogP contribution >= 0.6 is 0 Å². The Morgan fingerprint density at radius 3 is 2.25 bits per heavy atom. The first kappa shape index (κ1) is 24.6. The third-order valence-corrected chi connectivity index (χ3v) is 12.5. The molecule has 0 amide bonds. The van der Waals surface area contributed by atoms with E-state index in [0.717, 1.165) is 31.1 Å². The van der Waals surface area contributed by atoms with Crippen molar-refractivity contribution in [2.45, 2.75) is 119 Å². The molecule has 4 aliphatic rings. The van der Waals surface area contributed by atoms with Gasteiger partial charge in [-0.1, -0.05) is 65.3 Å².